The van der Waals surface area contributed by atoms with Gasteiger partial charge in [-0.3, -0.25) is 14.3 Å². The molecule has 2 amide bonds. The predicted molar refractivity (Wildman–Crippen MR) is 110 cm³/mol. The van der Waals surface area contributed by atoms with Gasteiger partial charge in [0.1, 0.15) is 18.1 Å². The van der Waals surface area contributed by atoms with E-state index in [2.05, 4.69) is 5.10 Å². The van der Waals surface area contributed by atoms with Crippen molar-refractivity contribution in [1.29, 1.82) is 0 Å². The van der Waals surface area contributed by atoms with E-state index in [-0.39, 0.29) is 43.2 Å². The van der Waals surface area contributed by atoms with E-state index in [1.165, 1.54) is 15.6 Å². The largest absolute Gasteiger partial charge is 0.370 e. The van der Waals surface area contributed by atoms with Crippen molar-refractivity contribution in [3.8, 4) is 0 Å². The van der Waals surface area contributed by atoms with Crippen LogP contribution in [0.1, 0.15) is 35.6 Å². The molecular weight excluding hydrogens is 387 g/mol. The van der Waals surface area contributed by atoms with Crippen molar-refractivity contribution in [2.75, 3.05) is 26.2 Å². The molecule has 1 aromatic carbocycles. The lowest BCUT2D eigenvalue weighted by Crippen LogP contribution is -2.41. The third-order valence-corrected chi connectivity index (χ3v) is 5.05. The maximum atomic E-state index is 14.0. The van der Waals surface area contributed by atoms with Gasteiger partial charge in [-0.1, -0.05) is 32.0 Å². The van der Waals surface area contributed by atoms with E-state index in [0.717, 1.165) is 5.69 Å². The summed E-state index contributed by atoms with van der Waals surface area (Å²) in [4.78, 5) is 29.2. The van der Waals surface area contributed by atoms with Crippen molar-refractivity contribution in [3.05, 3.63) is 53.1 Å². The zero-order valence-electron chi connectivity index (χ0n) is 18.0. The molecule has 3 rings (SSSR count). The fourth-order valence-corrected chi connectivity index (χ4v) is 3.65. The van der Waals surface area contributed by atoms with Gasteiger partial charge in [-0.05, 0) is 25.0 Å². The predicted octanol–water partition coefficient (Wildman–Crippen LogP) is 2.39. The van der Waals surface area contributed by atoms with Crippen molar-refractivity contribution < 1.29 is 18.7 Å². The summed E-state index contributed by atoms with van der Waals surface area (Å²) >= 11 is 0. The molecule has 162 valence electrons. The second-order valence-electron chi connectivity index (χ2n) is 8.20. The molecule has 0 N–H and O–H groups in total. The van der Waals surface area contributed by atoms with E-state index < -0.39 is 6.10 Å². The van der Waals surface area contributed by atoms with Gasteiger partial charge in [0.2, 0.25) is 5.91 Å². The monoisotopic (exact) mass is 416 g/mol. The lowest BCUT2D eigenvalue weighted by atomic mass is 10.2. The summed E-state index contributed by atoms with van der Waals surface area (Å²) in [5, 5.41) is 4.23. The van der Waals surface area contributed by atoms with Crippen LogP contribution >= 0.6 is 0 Å². The highest BCUT2D eigenvalue weighted by atomic mass is 19.1. The number of aryl methyl sites for hydroxylation is 2. The number of carbonyl (C=O) groups excluding carboxylic acids is 2. The Balaban J connectivity index is 1.80. The Hall–Kier alpha value is -2.74. The summed E-state index contributed by atoms with van der Waals surface area (Å²) in [5.41, 5.74) is 1.60. The van der Waals surface area contributed by atoms with Crippen molar-refractivity contribution in [2.45, 2.75) is 33.5 Å². The Morgan fingerprint density at radius 1 is 1.30 bits per heavy atom. The number of hydrogen-bond acceptors (Lipinski definition) is 4. The van der Waals surface area contributed by atoms with Gasteiger partial charge in [0.05, 0.1) is 18.4 Å². The number of rotatable bonds is 6. The van der Waals surface area contributed by atoms with E-state index in [4.69, 9.17) is 4.74 Å². The van der Waals surface area contributed by atoms with Crippen LogP contribution in [0.15, 0.2) is 30.3 Å². The van der Waals surface area contributed by atoms with Gasteiger partial charge in [0.25, 0.3) is 5.91 Å². The smallest absolute Gasteiger partial charge is 0.272 e. The summed E-state index contributed by atoms with van der Waals surface area (Å²) in [6.07, 6.45) is -0.423. The van der Waals surface area contributed by atoms with Crippen LogP contribution in [-0.4, -0.2) is 63.7 Å². The van der Waals surface area contributed by atoms with Crippen molar-refractivity contribution in [3.63, 3.8) is 0 Å². The van der Waals surface area contributed by atoms with Gasteiger partial charge in [-0.15, -0.1) is 0 Å². The maximum absolute atomic E-state index is 14.0. The van der Waals surface area contributed by atoms with Gasteiger partial charge in [-0.25, -0.2) is 4.39 Å². The second-order valence-corrected chi connectivity index (χ2v) is 8.20. The van der Waals surface area contributed by atoms with E-state index >= 15 is 0 Å². The quantitative estimate of drug-likeness (QED) is 0.725. The number of carbonyl (C=O) groups is 2. The fraction of sp³-hybridized carbons (Fsp3) is 0.500. The Morgan fingerprint density at radius 2 is 2.03 bits per heavy atom. The van der Waals surface area contributed by atoms with Crippen LogP contribution in [0, 0.1) is 18.7 Å². The van der Waals surface area contributed by atoms with E-state index in [1.807, 2.05) is 20.8 Å². The molecule has 0 radical (unpaired) electrons. The highest BCUT2D eigenvalue weighted by Crippen LogP contribution is 2.16. The molecular formula is C22H29FN4O3. The zero-order chi connectivity index (χ0) is 21.8. The number of ether oxygens (including phenoxy) is 1. The van der Waals surface area contributed by atoms with Crippen molar-refractivity contribution >= 4 is 11.8 Å². The summed E-state index contributed by atoms with van der Waals surface area (Å²) < 4.78 is 21.5. The van der Waals surface area contributed by atoms with Crippen LogP contribution in [0.4, 0.5) is 4.39 Å². The van der Waals surface area contributed by atoms with Gasteiger partial charge < -0.3 is 14.5 Å². The first kappa shape index (κ1) is 22.0. The van der Waals surface area contributed by atoms with Crippen molar-refractivity contribution in [1.82, 2.24) is 19.6 Å². The summed E-state index contributed by atoms with van der Waals surface area (Å²) in [6, 6.07) is 8.15. The first-order chi connectivity index (χ1) is 14.2. The highest BCUT2D eigenvalue weighted by Gasteiger charge is 2.32. The average molecular weight is 416 g/mol. The Labute approximate surface area is 176 Å². The minimum absolute atomic E-state index is 0.0185. The molecule has 0 saturated carbocycles. The molecule has 1 aliphatic heterocycles. The number of hydrogen-bond donors (Lipinski definition) is 0. The third kappa shape index (κ3) is 5.24. The first-order valence-electron chi connectivity index (χ1n) is 10.2. The topological polar surface area (TPSA) is 67.7 Å². The summed E-state index contributed by atoms with van der Waals surface area (Å²) in [6.45, 7) is 7.13. The van der Waals surface area contributed by atoms with Crippen LogP contribution < -0.4 is 0 Å². The Kier molecular flexibility index (Phi) is 6.87. The average Bonchev–Trinajstić information content (AvgIpc) is 2.94. The van der Waals surface area contributed by atoms with E-state index in [9.17, 15) is 14.0 Å². The molecule has 0 spiro atoms. The molecule has 1 fully saturated rings. The normalized spacial score (nSPS) is 17.5. The molecule has 0 aliphatic carbocycles. The van der Waals surface area contributed by atoms with Crippen LogP contribution in [0.2, 0.25) is 0 Å². The maximum Gasteiger partial charge on any atom is 0.272 e. The number of aromatic nitrogens is 2. The standard InChI is InChI=1S/C22H29FN4O3/c1-15(2)10-26-11-18(30-14-17-7-5-6-8-19(17)23)12-27(13-21(26)28)22(29)20-9-16(3)24-25(20)4/h5-9,15,18H,10-14H2,1-4H3. The zero-order valence-corrected chi connectivity index (χ0v) is 18.0. The molecule has 1 atom stereocenters. The minimum Gasteiger partial charge on any atom is -0.370 e. The second kappa shape index (κ2) is 9.38. The highest BCUT2D eigenvalue weighted by molar-refractivity contribution is 5.95. The van der Waals surface area contributed by atoms with Gasteiger partial charge >= 0.3 is 0 Å². The SMILES string of the molecule is Cc1cc(C(=O)N2CC(=O)N(CC(C)C)CC(OCc3ccccc3F)C2)n(C)n1. The number of nitrogens with zero attached hydrogens (tertiary/aromatic N) is 4. The number of amides is 2. The molecule has 2 heterocycles. The molecule has 8 heteroatoms. The molecule has 0 bridgehead atoms. The van der Waals surface area contributed by atoms with Crippen LogP contribution in [0.3, 0.4) is 0 Å². The Bertz CT molecular complexity index is 912. The van der Waals surface area contributed by atoms with Crippen molar-refractivity contribution in [2.24, 2.45) is 13.0 Å². The van der Waals surface area contributed by atoms with E-state index in [0.29, 0.717) is 24.3 Å². The Morgan fingerprint density at radius 3 is 2.67 bits per heavy atom. The van der Waals surface area contributed by atoms with Crippen LogP contribution in [0.25, 0.3) is 0 Å². The molecule has 7 nitrogen and oxygen atoms in total. The summed E-state index contributed by atoms with van der Waals surface area (Å²) in [7, 11) is 1.71. The van der Waals surface area contributed by atoms with Gasteiger partial charge in [0.15, 0.2) is 0 Å². The van der Waals surface area contributed by atoms with Gasteiger partial charge in [-0.2, -0.15) is 5.10 Å². The first-order valence-corrected chi connectivity index (χ1v) is 10.2. The third-order valence-electron chi connectivity index (χ3n) is 5.05. The molecule has 30 heavy (non-hydrogen) atoms. The van der Waals surface area contributed by atoms with Gasteiger partial charge in [0, 0.05) is 32.2 Å². The fourth-order valence-electron chi connectivity index (χ4n) is 3.65. The lowest BCUT2D eigenvalue weighted by molar-refractivity contribution is -0.132. The van der Waals surface area contributed by atoms with Crippen LogP contribution in [0.5, 0.6) is 0 Å². The number of benzene rings is 1. The van der Waals surface area contributed by atoms with E-state index in [1.54, 1.807) is 36.2 Å². The summed E-state index contributed by atoms with van der Waals surface area (Å²) in [5.74, 6) is -0.437. The lowest BCUT2D eigenvalue weighted by Gasteiger charge is -2.26. The molecule has 1 aromatic heterocycles. The molecule has 1 aliphatic rings. The van der Waals surface area contributed by atoms with Crippen LogP contribution in [-0.2, 0) is 23.2 Å². The molecule has 1 unspecified atom stereocenters. The number of halogens is 1. The molecule has 1 saturated heterocycles. The minimum atomic E-state index is -0.423. The molecule has 2 aromatic rings.